The molecule has 0 saturated carbocycles. The fraction of sp³-hybridized carbons (Fsp3) is 0.0164. The van der Waals surface area contributed by atoms with Crippen LogP contribution in [0.1, 0.15) is 36.0 Å². The lowest BCUT2D eigenvalue weighted by atomic mass is 9.64. The molecule has 0 amide bonds. The van der Waals surface area contributed by atoms with Gasteiger partial charge in [-0.25, -0.2) is 0 Å². The van der Waals surface area contributed by atoms with Gasteiger partial charge in [0.2, 0.25) is 0 Å². The molecule has 1 aromatic heterocycles. The summed E-state index contributed by atoms with van der Waals surface area (Å²) in [6.45, 7) is 0. The van der Waals surface area contributed by atoms with E-state index >= 15 is 0 Å². The summed E-state index contributed by atoms with van der Waals surface area (Å²) < 4.78 is 91.5. The van der Waals surface area contributed by atoms with Gasteiger partial charge in [0.25, 0.3) is 0 Å². The molecule has 5 heteroatoms. The maximum absolute atomic E-state index is 9.37. The van der Waals surface area contributed by atoms with Gasteiger partial charge in [0.1, 0.15) is 0 Å². The Morgan fingerprint density at radius 3 is 1.89 bits per heavy atom. The first-order valence-electron chi connectivity index (χ1n) is 26.7. The first-order valence-corrected chi connectivity index (χ1v) is 23.3. The van der Waals surface area contributed by atoms with Crippen molar-refractivity contribution in [3.63, 3.8) is 0 Å². The van der Waals surface area contributed by atoms with Gasteiger partial charge < -0.3 is 14.7 Å². The summed E-state index contributed by atoms with van der Waals surface area (Å²) in [5.74, 6) is 0. The highest BCUT2D eigenvalue weighted by molar-refractivity contribution is 7.99. The van der Waals surface area contributed by atoms with Gasteiger partial charge in [-0.1, -0.05) is 157 Å². The normalized spacial score (nSPS) is 17.1. The molecule has 0 bridgehead atoms. The third kappa shape index (κ3) is 5.33. The number of rotatable bonds is 6. The fourth-order valence-electron chi connectivity index (χ4n) is 10.7. The summed E-state index contributed by atoms with van der Waals surface area (Å²) in [5, 5.41) is 1.63. The quantitative estimate of drug-likeness (QED) is 0.164. The molecule has 11 aromatic rings. The third-order valence-electron chi connectivity index (χ3n) is 13.2. The van der Waals surface area contributed by atoms with Crippen LogP contribution in [0.3, 0.4) is 0 Å². The van der Waals surface area contributed by atoms with E-state index in [4.69, 9.17) is 8.22 Å². The van der Waals surface area contributed by atoms with E-state index in [1.54, 1.807) is 11.8 Å². The van der Waals surface area contributed by atoms with E-state index < -0.39 is 65.8 Å². The van der Waals surface area contributed by atoms with Crippen molar-refractivity contribution in [2.24, 2.45) is 0 Å². The summed E-state index contributed by atoms with van der Waals surface area (Å²) in [6, 6.07) is 54.8. The number of hydrogen-bond donors (Lipinski definition) is 0. The lowest BCUT2D eigenvalue weighted by Crippen LogP contribution is -2.37. The van der Waals surface area contributed by atoms with Crippen LogP contribution in [0.4, 0.5) is 51.2 Å². The largest absolute Gasteiger partial charge is 0.310 e. The minimum absolute atomic E-state index is 0.258. The molecule has 0 radical (unpaired) electrons. The van der Waals surface area contributed by atoms with Crippen molar-refractivity contribution in [1.29, 1.82) is 0 Å². The summed E-state index contributed by atoms with van der Waals surface area (Å²) in [4.78, 5) is 8.21. The van der Waals surface area contributed by atoms with Crippen LogP contribution >= 0.6 is 23.1 Å². The maximum Gasteiger partial charge on any atom is 0.0754 e. The first kappa shape index (κ1) is 28.9. The van der Waals surface area contributed by atoms with Crippen molar-refractivity contribution in [3.8, 4) is 11.1 Å². The van der Waals surface area contributed by atoms with Crippen LogP contribution in [0.25, 0.3) is 31.3 Å². The minimum Gasteiger partial charge on any atom is -0.310 e. The van der Waals surface area contributed by atoms with Gasteiger partial charge in [-0.2, -0.15) is 0 Å². The van der Waals surface area contributed by atoms with Crippen molar-refractivity contribution in [2.75, 3.05) is 14.7 Å². The second kappa shape index (κ2) is 14.6. The lowest BCUT2D eigenvalue weighted by molar-refractivity contribution is 0.746. The summed E-state index contributed by atoms with van der Waals surface area (Å²) >= 11 is 3.20. The summed E-state index contributed by atoms with van der Waals surface area (Å²) in [7, 11) is 0. The van der Waals surface area contributed by atoms with Gasteiger partial charge >= 0.3 is 0 Å². The van der Waals surface area contributed by atoms with Gasteiger partial charge in [-0.3, -0.25) is 0 Å². The Bertz CT molecular complexity index is 4210. The molecule has 1 aliphatic carbocycles. The molecule has 0 fully saturated rings. The molecule has 3 heterocycles. The molecule has 10 aromatic carbocycles. The number of fused-ring (bicyclic) bond motifs is 14. The zero-order chi connectivity index (χ0) is 52.1. The SMILES string of the molecule is [2H]c1c([2H])c([2H])c(N(c2c([2H])c([2H])c([2H])c([2H])c2[2H])c2cc(N(c3ccccc3)c3ccc4c(c3)-c3ccccc3C43c4ccccc4N4c5ccccc5Sc5cccc3c54)cc3c2sc2ccccc23)c([2H])c1[2H]. The third-order valence-corrected chi connectivity index (χ3v) is 15.5. The topological polar surface area (TPSA) is 9.72 Å². The van der Waals surface area contributed by atoms with Crippen LogP contribution in [-0.4, -0.2) is 0 Å². The highest BCUT2D eigenvalue weighted by atomic mass is 32.2. The second-order valence-electron chi connectivity index (χ2n) is 16.5. The lowest BCUT2D eigenvalue weighted by Gasteiger charge is -2.47. The molecule has 3 aliphatic rings. The number of hydrogen-bond acceptors (Lipinski definition) is 5. The van der Waals surface area contributed by atoms with E-state index in [9.17, 15) is 5.48 Å². The Morgan fingerprint density at radius 1 is 0.424 bits per heavy atom. The van der Waals surface area contributed by atoms with Crippen molar-refractivity contribution < 1.29 is 13.7 Å². The van der Waals surface area contributed by atoms with Crippen molar-refractivity contribution in [2.45, 2.75) is 15.2 Å². The first-order chi connectivity index (χ1) is 36.9. The number of para-hydroxylation sites is 6. The average molecular weight is 888 g/mol. The zero-order valence-electron chi connectivity index (χ0n) is 44.9. The maximum atomic E-state index is 9.37. The van der Waals surface area contributed by atoms with Gasteiger partial charge in [0.05, 0.1) is 46.6 Å². The molecule has 2 aliphatic heterocycles. The van der Waals surface area contributed by atoms with E-state index in [2.05, 4.69) is 125 Å². The summed E-state index contributed by atoms with van der Waals surface area (Å²) in [6.07, 6.45) is 0. The van der Waals surface area contributed by atoms with Gasteiger partial charge in [-0.15, -0.1) is 11.3 Å². The molecule has 3 nitrogen and oxygen atoms in total. The summed E-state index contributed by atoms with van der Waals surface area (Å²) in [5.41, 5.74) is 11.2. The molecule has 1 spiro atoms. The van der Waals surface area contributed by atoms with Crippen LogP contribution in [0.5, 0.6) is 0 Å². The predicted molar refractivity (Wildman–Crippen MR) is 278 cm³/mol. The minimum atomic E-state index is -0.705. The van der Waals surface area contributed by atoms with Crippen molar-refractivity contribution in [1.82, 2.24) is 0 Å². The number of benzene rings is 10. The van der Waals surface area contributed by atoms with E-state index in [0.29, 0.717) is 10.4 Å². The zero-order valence-corrected chi connectivity index (χ0v) is 36.5. The Morgan fingerprint density at radius 2 is 1.08 bits per heavy atom. The molecule has 14 rings (SSSR count). The second-order valence-corrected chi connectivity index (χ2v) is 18.6. The molecule has 0 saturated heterocycles. The van der Waals surface area contributed by atoms with Gasteiger partial charge in [0.15, 0.2) is 0 Å². The molecular formula is C61H39N3S2. The smallest absolute Gasteiger partial charge is 0.0754 e. The Kier molecular flexibility index (Phi) is 6.38. The predicted octanol–water partition coefficient (Wildman–Crippen LogP) is 17.6. The number of anilines is 9. The Balaban J connectivity index is 1.06. The van der Waals surface area contributed by atoms with Crippen LogP contribution in [0.2, 0.25) is 0 Å². The highest BCUT2D eigenvalue weighted by Gasteiger charge is 2.53. The van der Waals surface area contributed by atoms with Crippen molar-refractivity contribution >= 4 is 94.5 Å². The Labute approximate surface area is 406 Å². The highest BCUT2D eigenvalue weighted by Crippen LogP contribution is 2.67. The Hall–Kier alpha value is -7.83. The molecule has 66 heavy (non-hydrogen) atoms. The van der Waals surface area contributed by atoms with Gasteiger partial charge in [0, 0.05) is 53.7 Å². The number of nitrogens with zero attached hydrogens (tertiary/aromatic N) is 3. The van der Waals surface area contributed by atoms with Crippen LogP contribution in [0, 0.1) is 0 Å². The fourth-order valence-corrected chi connectivity index (χ4v) is 12.9. The van der Waals surface area contributed by atoms with E-state index in [-0.39, 0.29) is 17.1 Å². The molecule has 1 atom stereocenters. The van der Waals surface area contributed by atoms with E-state index in [1.165, 1.54) is 42.7 Å². The number of thiophene rings is 1. The van der Waals surface area contributed by atoms with E-state index in [0.717, 1.165) is 60.6 Å². The molecule has 0 N–H and O–H groups in total. The van der Waals surface area contributed by atoms with Crippen LogP contribution < -0.4 is 14.7 Å². The van der Waals surface area contributed by atoms with Gasteiger partial charge in [-0.05, 0) is 124 Å². The monoisotopic (exact) mass is 887 g/mol. The van der Waals surface area contributed by atoms with Crippen LogP contribution in [-0.2, 0) is 5.41 Å². The van der Waals surface area contributed by atoms with Crippen molar-refractivity contribution in [3.05, 3.63) is 259 Å². The molecular weight excluding hydrogens is 839 g/mol. The molecule has 310 valence electrons. The average Bonchev–Trinajstić information content (AvgIpc) is 4.13. The molecule has 1 unspecified atom stereocenters. The van der Waals surface area contributed by atoms with E-state index in [1.807, 2.05) is 60.7 Å². The standard InChI is InChI=1S/C61H39N3S2/c1-4-19-40(20-5-1)62(44-38-48-46-26-11-16-32-56(46)66-60(48)55(39-44)63(41-21-6-2-7-22-41)42-23-8-3-9-24-42)43-35-36-50-47(37-43)45-25-10-12-27-49(45)61(50)51-28-13-14-30-53(51)64-54-31-15-17-33-57(54)65-58-34-18-29-52(61)59(58)64/h1-39H/i2D,3D,6D,7D,8D,9D,21D,22D,23D,24D. The van der Waals surface area contributed by atoms with Crippen LogP contribution in [0.15, 0.2) is 246 Å².